The molecular formula is C23H28FN3O3. The first kappa shape index (κ1) is 23.1. The highest BCUT2D eigenvalue weighted by molar-refractivity contribution is 6.02. The van der Waals surface area contributed by atoms with Crippen molar-refractivity contribution in [1.29, 1.82) is 0 Å². The number of anilines is 1. The van der Waals surface area contributed by atoms with Gasteiger partial charge in [0.15, 0.2) is 0 Å². The van der Waals surface area contributed by atoms with Crippen molar-refractivity contribution in [2.75, 3.05) is 18.4 Å². The zero-order valence-corrected chi connectivity index (χ0v) is 17.7. The van der Waals surface area contributed by atoms with E-state index >= 15 is 0 Å². The summed E-state index contributed by atoms with van der Waals surface area (Å²) in [6, 6.07) is 11.4. The minimum absolute atomic E-state index is 0.121. The quantitative estimate of drug-likeness (QED) is 0.693. The molecule has 0 radical (unpaired) electrons. The second-order valence-corrected chi connectivity index (χ2v) is 7.22. The summed E-state index contributed by atoms with van der Waals surface area (Å²) in [5, 5.41) is 5.35. The average molecular weight is 413 g/mol. The van der Waals surface area contributed by atoms with Gasteiger partial charge < -0.3 is 15.5 Å². The van der Waals surface area contributed by atoms with Gasteiger partial charge >= 0.3 is 0 Å². The highest BCUT2D eigenvalue weighted by atomic mass is 19.1. The fourth-order valence-electron chi connectivity index (χ4n) is 3.04. The van der Waals surface area contributed by atoms with E-state index in [1.54, 1.807) is 49.1 Å². The second-order valence-electron chi connectivity index (χ2n) is 7.22. The highest BCUT2D eigenvalue weighted by Crippen LogP contribution is 2.15. The zero-order valence-electron chi connectivity index (χ0n) is 17.7. The van der Waals surface area contributed by atoms with Crippen LogP contribution in [0.5, 0.6) is 0 Å². The molecule has 0 aromatic heterocycles. The molecule has 0 bridgehead atoms. The fourth-order valence-corrected chi connectivity index (χ4v) is 3.04. The van der Waals surface area contributed by atoms with E-state index < -0.39 is 23.7 Å². The summed E-state index contributed by atoms with van der Waals surface area (Å²) in [6.07, 6.45) is 0. The van der Waals surface area contributed by atoms with Crippen molar-refractivity contribution in [1.82, 2.24) is 10.2 Å². The lowest BCUT2D eigenvalue weighted by molar-refractivity contribution is -0.118. The third kappa shape index (κ3) is 5.65. The van der Waals surface area contributed by atoms with E-state index in [-0.39, 0.29) is 17.4 Å². The standard InChI is InChI=1S/C23H28FN3O3/c1-5-27(6-2)23(30)16-10-9-11-17(14-16)25-22(29)20(15(3)4)26-21(28)18-12-7-8-13-19(18)24/h7-15,20H,5-6H2,1-4H3,(H,25,29)(H,26,28)/t20-/m0/s1. The van der Waals surface area contributed by atoms with Crippen LogP contribution in [0.2, 0.25) is 0 Å². The third-order valence-corrected chi connectivity index (χ3v) is 4.78. The topological polar surface area (TPSA) is 78.5 Å². The molecule has 2 aromatic carbocycles. The van der Waals surface area contributed by atoms with Crippen LogP contribution in [0.1, 0.15) is 48.4 Å². The number of rotatable bonds is 8. The Bertz CT molecular complexity index is 910. The first-order valence-electron chi connectivity index (χ1n) is 10.0. The van der Waals surface area contributed by atoms with Gasteiger partial charge in [-0.05, 0) is 50.1 Å². The summed E-state index contributed by atoms with van der Waals surface area (Å²) in [6.45, 7) is 8.54. The molecule has 1 atom stereocenters. The molecule has 2 N–H and O–H groups in total. The minimum atomic E-state index is -0.876. The van der Waals surface area contributed by atoms with Crippen LogP contribution in [0, 0.1) is 11.7 Å². The predicted molar refractivity (Wildman–Crippen MR) is 115 cm³/mol. The number of hydrogen-bond acceptors (Lipinski definition) is 3. The van der Waals surface area contributed by atoms with Crippen LogP contribution < -0.4 is 10.6 Å². The van der Waals surface area contributed by atoms with Crippen LogP contribution in [-0.2, 0) is 4.79 Å². The molecule has 0 spiro atoms. The number of carbonyl (C=O) groups is 3. The predicted octanol–water partition coefficient (Wildman–Crippen LogP) is 3.70. The number of hydrogen-bond donors (Lipinski definition) is 2. The zero-order chi connectivity index (χ0) is 22.3. The smallest absolute Gasteiger partial charge is 0.254 e. The van der Waals surface area contributed by atoms with Crippen molar-refractivity contribution < 1.29 is 18.8 Å². The monoisotopic (exact) mass is 413 g/mol. The first-order valence-corrected chi connectivity index (χ1v) is 10.0. The van der Waals surface area contributed by atoms with Crippen LogP contribution in [-0.4, -0.2) is 41.8 Å². The Kier molecular flexibility index (Phi) is 8.09. The van der Waals surface area contributed by atoms with E-state index in [1.807, 2.05) is 13.8 Å². The second kappa shape index (κ2) is 10.5. The Morgan fingerprint density at radius 1 is 1.00 bits per heavy atom. The molecule has 0 saturated carbocycles. The van der Waals surface area contributed by atoms with Crippen molar-refractivity contribution in [2.45, 2.75) is 33.7 Å². The number of amides is 3. The van der Waals surface area contributed by atoms with E-state index in [9.17, 15) is 18.8 Å². The molecule has 0 unspecified atom stereocenters. The van der Waals surface area contributed by atoms with Gasteiger partial charge in [-0.3, -0.25) is 14.4 Å². The van der Waals surface area contributed by atoms with Gasteiger partial charge in [0.2, 0.25) is 5.91 Å². The average Bonchev–Trinajstić information content (AvgIpc) is 2.72. The number of nitrogens with one attached hydrogen (secondary N) is 2. The fraction of sp³-hybridized carbons (Fsp3) is 0.348. The molecule has 0 aliphatic carbocycles. The molecular weight excluding hydrogens is 385 g/mol. The molecule has 0 heterocycles. The van der Waals surface area contributed by atoms with Gasteiger partial charge in [-0.1, -0.05) is 32.0 Å². The van der Waals surface area contributed by atoms with Gasteiger partial charge in [-0.15, -0.1) is 0 Å². The van der Waals surface area contributed by atoms with E-state index in [0.29, 0.717) is 24.3 Å². The minimum Gasteiger partial charge on any atom is -0.340 e. The van der Waals surface area contributed by atoms with E-state index in [1.165, 1.54) is 18.2 Å². The lowest BCUT2D eigenvalue weighted by Crippen LogP contribution is -2.47. The van der Waals surface area contributed by atoms with Gasteiger partial charge in [0.1, 0.15) is 11.9 Å². The molecule has 160 valence electrons. The highest BCUT2D eigenvalue weighted by Gasteiger charge is 2.26. The van der Waals surface area contributed by atoms with Crippen molar-refractivity contribution in [3.8, 4) is 0 Å². The Balaban J connectivity index is 2.16. The molecule has 0 fully saturated rings. The van der Waals surface area contributed by atoms with Gasteiger partial charge in [-0.2, -0.15) is 0 Å². The number of benzene rings is 2. The summed E-state index contributed by atoms with van der Waals surface area (Å²) < 4.78 is 13.9. The first-order chi connectivity index (χ1) is 14.3. The van der Waals surface area contributed by atoms with Crippen LogP contribution in [0.25, 0.3) is 0 Å². The summed E-state index contributed by atoms with van der Waals surface area (Å²) in [5.74, 6) is -2.11. The van der Waals surface area contributed by atoms with Crippen LogP contribution >= 0.6 is 0 Å². The van der Waals surface area contributed by atoms with E-state index in [4.69, 9.17) is 0 Å². The molecule has 6 nitrogen and oxygen atoms in total. The van der Waals surface area contributed by atoms with Crippen LogP contribution in [0.4, 0.5) is 10.1 Å². The summed E-state index contributed by atoms with van der Waals surface area (Å²) in [4.78, 5) is 39.5. The van der Waals surface area contributed by atoms with Gasteiger partial charge in [0.25, 0.3) is 11.8 Å². The third-order valence-electron chi connectivity index (χ3n) is 4.78. The molecule has 2 rings (SSSR count). The van der Waals surface area contributed by atoms with Crippen molar-refractivity contribution in [3.63, 3.8) is 0 Å². The lowest BCUT2D eigenvalue weighted by Gasteiger charge is -2.22. The summed E-state index contributed by atoms with van der Waals surface area (Å²) in [5.41, 5.74) is 0.791. The maximum atomic E-state index is 13.9. The Labute approximate surface area is 176 Å². The van der Waals surface area contributed by atoms with Gasteiger partial charge in [0, 0.05) is 24.3 Å². The van der Waals surface area contributed by atoms with E-state index in [2.05, 4.69) is 10.6 Å². The SMILES string of the molecule is CCN(CC)C(=O)c1cccc(NC(=O)[C@@H](NC(=O)c2ccccc2F)C(C)C)c1. The normalized spacial score (nSPS) is 11.7. The lowest BCUT2D eigenvalue weighted by atomic mass is 10.0. The number of carbonyl (C=O) groups excluding carboxylic acids is 3. The van der Waals surface area contributed by atoms with Crippen molar-refractivity contribution >= 4 is 23.4 Å². The van der Waals surface area contributed by atoms with Crippen LogP contribution in [0.15, 0.2) is 48.5 Å². The van der Waals surface area contributed by atoms with E-state index in [0.717, 1.165) is 0 Å². The molecule has 7 heteroatoms. The van der Waals surface area contributed by atoms with Gasteiger partial charge in [-0.25, -0.2) is 4.39 Å². The Hall–Kier alpha value is -3.22. The molecule has 3 amide bonds. The van der Waals surface area contributed by atoms with Crippen molar-refractivity contribution in [2.24, 2.45) is 5.92 Å². The Morgan fingerprint density at radius 3 is 2.27 bits per heavy atom. The number of halogens is 1. The number of nitrogens with zero attached hydrogens (tertiary/aromatic N) is 1. The van der Waals surface area contributed by atoms with Crippen LogP contribution in [0.3, 0.4) is 0 Å². The molecule has 2 aromatic rings. The summed E-state index contributed by atoms with van der Waals surface area (Å²) in [7, 11) is 0. The summed E-state index contributed by atoms with van der Waals surface area (Å²) >= 11 is 0. The molecule has 0 aliphatic rings. The largest absolute Gasteiger partial charge is 0.340 e. The van der Waals surface area contributed by atoms with Crippen molar-refractivity contribution in [3.05, 3.63) is 65.5 Å². The molecule has 0 saturated heterocycles. The van der Waals surface area contributed by atoms with Gasteiger partial charge in [0.05, 0.1) is 5.56 Å². The molecule has 30 heavy (non-hydrogen) atoms. The maximum absolute atomic E-state index is 13.9. The molecule has 0 aliphatic heterocycles. The maximum Gasteiger partial charge on any atom is 0.254 e. The Morgan fingerprint density at radius 2 is 1.67 bits per heavy atom.